The van der Waals surface area contributed by atoms with Crippen molar-refractivity contribution in [1.82, 2.24) is 20.4 Å². The van der Waals surface area contributed by atoms with Gasteiger partial charge in [0, 0.05) is 58.2 Å². The van der Waals surface area contributed by atoms with E-state index in [-0.39, 0.29) is 18.7 Å². The van der Waals surface area contributed by atoms with E-state index in [1.54, 1.807) is 12.1 Å². The van der Waals surface area contributed by atoms with Gasteiger partial charge in [-0.05, 0) is 18.6 Å². The number of hydrogen-bond acceptors (Lipinski definition) is 7. The SMILES string of the molecule is O=C1CCC(N2C(=O)c3cccc(N4CC(CN5CCNCC5)C4)c3C2=O)C(=O)N1. The molecule has 0 saturated carbocycles. The van der Waals surface area contributed by atoms with Crippen LogP contribution >= 0.6 is 0 Å². The normalized spacial score (nSPS) is 25.4. The summed E-state index contributed by atoms with van der Waals surface area (Å²) in [4.78, 5) is 55.5. The van der Waals surface area contributed by atoms with E-state index in [0.717, 1.165) is 56.4 Å². The highest BCUT2D eigenvalue weighted by molar-refractivity contribution is 6.25. The number of nitrogens with zero attached hydrogens (tertiary/aromatic N) is 3. The molecule has 3 saturated heterocycles. The maximum atomic E-state index is 13.2. The van der Waals surface area contributed by atoms with E-state index in [2.05, 4.69) is 20.4 Å². The van der Waals surface area contributed by atoms with E-state index in [4.69, 9.17) is 0 Å². The van der Waals surface area contributed by atoms with Crippen molar-refractivity contribution >= 4 is 29.3 Å². The number of nitrogens with one attached hydrogen (secondary N) is 2. The van der Waals surface area contributed by atoms with Crippen molar-refractivity contribution in [2.24, 2.45) is 5.92 Å². The van der Waals surface area contributed by atoms with Gasteiger partial charge in [0.05, 0.1) is 16.8 Å². The third kappa shape index (κ3) is 3.18. The lowest BCUT2D eigenvalue weighted by Crippen LogP contribution is -2.55. The summed E-state index contributed by atoms with van der Waals surface area (Å²) < 4.78 is 0. The first-order chi connectivity index (χ1) is 14.5. The molecule has 1 unspecified atom stereocenters. The second kappa shape index (κ2) is 7.48. The van der Waals surface area contributed by atoms with Crippen LogP contribution in [0.25, 0.3) is 0 Å². The van der Waals surface area contributed by atoms with Gasteiger partial charge in [-0.1, -0.05) is 6.07 Å². The van der Waals surface area contributed by atoms with Crippen LogP contribution < -0.4 is 15.5 Å². The van der Waals surface area contributed by atoms with Crippen molar-refractivity contribution in [3.05, 3.63) is 29.3 Å². The molecule has 2 N–H and O–H groups in total. The fourth-order valence-electron chi connectivity index (χ4n) is 4.90. The molecule has 0 radical (unpaired) electrons. The van der Waals surface area contributed by atoms with Gasteiger partial charge in [-0.25, -0.2) is 0 Å². The quantitative estimate of drug-likeness (QED) is 0.640. The van der Waals surface area contributed by atoms with Gasteiger partial charge in [0.15, 0.2) is 0 Å². The number of rotatable bonds is 4. The Morgan fingerprint density at radius 2 is 1.77 bits per heavy atom. The average molecular weight is 411 g/mol. The molecular weight excluding hydrogens is 386 g/mol. The van der Waals surface area contributed by atoms with Crippen LogP contribution in [0.4, 0.5) is 5.69 Å². The summed E-state index contributed by atoms with van der Waals surface area (Å²) in [7, 11) is 0. The average Bonchev–Trinajstić information content (AvgIpc) is 2.96. The molecule has 1 aromatic rings. The number of piperazine rings is 1. The predicted octanol–water partition coefficient (Wildman–Crippen LogP) is -0.571. The number of hydrogen-bond donors (Lipinski definition) is 2. The van der Waals surface area contributed by atoms with E-state index >= 15 is 0 Å². The van der Waals surface area contributed by atoms with Gasteiger partial charge in [0.1, 0.15) is 6.04 Å². The van der Waals surface area contributed by atoms with Crippen molar-refractivity contribution in [2.75, 3.05) is 50.7 Å². The highest BCUT2D eigenvalue weighted by atomic mass is 16.2. The summed E-state index contributed by atoms with van der Waals surface area (Å²) in [5, 5.41) is 5.59. The van der Waals surface area contributed by atoms with Crippen LogP contribution in [0.1, 0.15) is 33.6 Å². The Kier molecular flexibility index (Phi) is 4.79. The Labute approximate surface area is 174 Å². The van der Waals surface area contributed by atoms with Crippen molar-refractivity contribution in [3.63, 3.8) is 0 Å². The molecule has 9 heteroatoms. The Balaban J connectivity index is 1.32. The molecule has 0 aliphatic carbocycles. The molecule has 9 nitrogen and oxygen atoms in total. The van der Waals surface area contributed by atoms with Crippen LogP contribution in [0.3, 0.4) is 0 Å². The zero-order chi connectivity index (χ0) is 20.8. The smallest absolute Gasteiger partial charge is 0.264 e. The first-order valence-corrected chi connectivity index (χ1v) is 10.6. The lowest BCUT2D eigenvalue weighted by atomic mass is 9.96. The highest BCUT2D eigenvalue weighted by Gasteiger charge is 2.46. The summed E-state index contributed by atoms with van der Waals surface area (Å²) in [6.45, 7) is 6.91. The maximum absolute atomic E-state index is 13.2. The zero-order valence-corrected chi connectivity index (χ0v) is 16.7. The summed E-state index contributed by atoms with van der Waals surface area (Å²) in [6, 6.07) is 4.37. The first-order valence-electron chi connectivity index (χ1n) is 10.6. The molecule has 3 fully saturated rings. The fraction of sp³-hybridized carbons (Fsp3) is 0.524. The standard InChI is InChI=1S/C21H25N5O4/c27-17-5-4-16(19(28)23-17)26-20(29)14-2-1-3-15(18(14)21(26)30)25-11-13(12-25)10-24-8-6-22-7-9-24/h1-3,13,16,22H,4-12H2,(H,23,27,28). The molecule has 1 atom stereocenters. The number of fused-ring (bicyclic) bond motifs is 1. The van der Waals surface area contributed by atoms with Gasteiger partial charge in [-0.2, -0.15) is 0 Å². The molecule has 4 aliphatic rings. The molecule has 0 aromatic heterocycles. The molecule has 4 amide bonds. The van der Waals surface area contributed by atoms with Crippen LogP contribution in [0, 0.1) is 5.92 Å². The minimum Gasteiger partial charge on any atom is -0.370 e. The minimum absolute atomic E-state index is 0.122. The van der Waals surface area contributed by atoms with Gasteiger partial charge >= 0.3 is 0 Å². The van der Waals surface area contributed by atoms with Crippen molar-refractivity contribution in [2.45, 2.75) is 18.9 Å². The molecule has 158 valence electrons. The summed E-state index contributed by atoms with van der Waals surface area (Å²) in [5.41, 5.74) is 1.48. The summed E-state index contributed by atoms with van der Waals surface area (Å²) in [6.07, 6.45) is 0.290. The van der Waals surface area contributed by atoms with Gasteiger partial charge in [-0.15, -0.1) is 0 Å². The number of piperidine rings is 1. The molecule has 0 spiro atoms. The van der Waals surface area contributed by atoms with Gasteiger partial charge < -0.3 is 15.1 Å². The predicted molar refractivity (Wildman–Crippen MR) is 108 cm³/mol. The number of benzene rings is 1. The number of carbonyl (C=O) groups excluding carboxylic acids is 4. The molecule has 4 heterocycles. The van der Waals surface area contributed by atoms with E-state index in [1.165, 1.54) is 0 Å². The maximum Gasteiger partial charge on any atom is 0.264 e. The Morgan fingerprint density at radius 1 is 1.00 bits per heavy atom. The van der Waals surface area contributed by atoms with E-state index in [1.807, 2.05) is 6.07 Å². The Hall–Kier alpha value is -2.78. The van der Waals surface area contributed by atoms with Crippen LogP contribution in [0.2, 0.25) is 0 Å². The van der Waals surface area contributed by atoms with Crippen molar-refractivity contribution in [3.8, 4) is 0 Å². The fourth-order valence-corrected chi connectivity index (χ4v) is 4.90. The van der Waals surface area contributed by atoms with Crippen LogP contribution in [0.15, 0.2) is 18.2 Å². The van der Waals surface area contributed by atoms with Crippen LogP contribution in [0.5, 0.6) is 0 Å². The third-order valence-electron chi connectivity index (χ3n) is 6.47. The van der Waals surface area contributed by atoms with E-state index in [0.29, 0.717) is 17.0 Å². The third-order valence-corrected chi connectivity index (χ3v) is 6.47. The minimum atomic E-state index is -0.931. The lowest BCUT2D eigenvalue weighted by molar-refractivity contribution is -0.136. The summed E-state index contributed by atoms with van der Waals surface area (Å²) >= 11 is 0. The van der Waals surface area contributed by atoms with Crippen LogP contribution in [-0.4, -0.2) is 85.3 Å². The second-order valence-corrected chi connectivity index (χ2v) is 8.47. The van der Waals surface area contributed by atoms with Gasteiger partial charge in [0.25, 0.3) is 11.8 Å². The number of imide groups is 2. The van der Waals surface area contributed by atoms with Crippen molar-refractivity contribution in [1.29, 1.82) is 0 Å². The largest absolute Gasteiger partial charge is 0.370 e. The molecule has 0 bridgehead atoms. The topological polar surface area (TPSA) is 102 Å². The molecule has 30 heavy (non-hydrogen) atoms. The summed E-state index contributed by atoms with van der Waals surface area (Å²) in [5.74, 6) is -1.31. The van der Waals surface area contributed by atoms with Gasteiger partial charge in [0.2, 0.25) is 11.8 Å². The highest BCUT2D eigenvalue weighted by Crippen LogP contribution is 2.36. The lowest BCUT2D eigenvalue weighted by Gasteiger charge is -2.44. The molecule has 5 rings (SSSR count). The Bertz CT molecular complexity index is 920. The van der Waals surface area contributed by atoms with Gasteiger partial charge in [-0.3, -0.25) is 29.4 Å². The molecular formula is C21H25N5O4. The van der Waals surface area contributed by atoms with Crippen molar-refractivity contribution < 1.29 is 19.2 Å². The van der Waals surface area contributed by atoms with E-state index in [9.17, 15) is 19.2 Å². The second-order valence-electron chi connectivity index (χ2n) is 8.47. The first kappa shape index (κ1) is 19.2. The number of carbonyl (C=O) groups is 4. The molecule has 1 aromatic carbocycles. The zero-order valence-electron chi connectivity index (χ0n) is 16.7. The van der Waals surface area contributed by atoms with Crippen LogP contribution in [-0.2, 0) is 9.59 Å². The monoisotopic (exact) mass is 411 g/mol. The number of amides is 4. The molecule has 4 aliphatic heterocycles. The van der Waals surface area contributed by atoms with E-state index < -0.39 is 23.8 Å². The number of anilines is 1. The Morgan fingerprint density at radius 3 is 2.50 bits per heavy atom.